The zero-order chi connectivity index (χ0) is 13.1. The molecule has 0 aliphatic carbocycles. The summed E-state index contributed by atoms with van der Waals surface area (Å²) in [6, 6.07) is 4.67. The van der Waals surface area contributed by atoms with Crippen LogP contribution in [0.3, 0.4) is 0 Å². The summed E-state index contributed by atoms with van der Waals surface area (Å²) >= 11 is 4.46. The molecule has 0 spiro atoms. The van der Waals surface area contributed by atoms with Gasteiger partial charge in [0.15, 0.2) is 11.5 Å². The first-order valence-electron chi connectivity index (χ1n) is 4.81. The van der Waals surface area contributed by atoms with Crippen LogP contribution < -0.4 is 9.47 Å². The van der Waals surface area contributed by atoms with Gasteiger partial charge in [-0.15, -0.1) is 0 Å². The first-order valence-corrected chi connectivity index (χ1v) is 6.48. The van der Waals surface area contributed by atoms with Crippen LogP contribution in [0.25, 0.3) is 0 Å². The second kappa shape index (κ2) is 5.36. The van der Waals surface area contributed by atoms with Crippen molar-refractivity contribution < 1.29 is 19.4 Å². The maximum atomic E-state index is 11.1. The van der Waals surface area contributed by atoms with E-state index >= 15 is 0 Å². The van der Waals surface area contributed by atoms with Crippen molar-refractivity contribution in [2.24, 2.45) is 0 Å². The highest BCUT2D eigenvalue weighted by molar-refractivity contribution is 9.10. The number of hydrogen-bond acceptors (Lipinski definition) is 5. The summed E-state index contributed by atoms with van der Waals surface area (Å²) in [7, 11) is 1.45. The Hall–Kier alpha value is -1.60. The van der Waals surface area contributed by atoms with Gasteiger partial charge in [0.1, 0.15) is 10.2 Å². The predicted octanol–water partition coefficient (Wildman–Crippen LogP) is 3.40. The fourth-order valence-corrected chi connectivity index (χ4v) is 2.42. The fourth-order valence-electron chi connectivity index (χ4n) is 1.32. The second-order valence-corrected chi connectivity index (χ2v) is 4.81. The second-order valence-electron chi connectivity index (χ2n) is 3.18. The van der Waals surface area contributed by atoms with Gasteiger partial charge in [-0.25, -0.2) is 4.79 Å². The van der Waals surface area contributed by atoms with Crippen molar-refractivity contribution in [1.29, 1.82) is 0 Å². The Bertz CT molecular complexity index is 584. The third-order valence-electron chi connectivity index (χ3n) is 2.07. The van der Waals surface area contributed by atoms with Crippen LogP contribution in [0.1, 0.15) is 10.4 Å². The molecule has 0 saturated carbocycles. The van der Waals surface area contributed by atoms with E-state index in [1.165, 1.54) is 24.5 Å². The van der Waals surface area contributed by atoms with E-state index in [0.717, 1.165) is 0 Å². The topological polar surface area (TPSA) is 68.7 Å². The zero-order valence-corrected chi connectivity index (χ0v) is 11.6. The Morgan fingerprint density at radius 3 is 2.83 bits per heavy atom. The highest BCUT2D eigenvalue weighted by atomic mass is 79.9. The smallest absolute Gasteiger partial charge is 0.339 e. The number of thiazole rings is 1. The molecule has 0 atom stereocenters. The van der Waals surface area contributed by atoms with E-state index in [2.05, 4.69) is 20.9 Å². The molecule has 0 aliphatic heterocycles. The molecule has 2 rings (SSSR count). The van der Waals surface area contributed by atoms with Gasteiger partial charge in [0.25, 0.3) is 5.19 Å². The molecule has 0 fully saturated rings. The van der Waals surface area contributed by atoms with Gasteiger partial charge in [0, 0.05) is 5.38 Å². The number of carbonyl (C=O) groups is 1. The largest absolute Gasteiger partial charge is 0.493 e. The molecular formula is C11H8BrNO4S. The molecule has 1 N–H and O–H groups in total. The number of benzene rings is 1. The zero-order valence-electron chi connectivity index (χ0n) is 9.21. The number of nitrogens with zero attached hydrogens (tertiary/aromatic N) is 1. The number of aromatic carboxylic acids is 1. The normalized spacial score (nSPS) is 10.1. The molecule has 1 aromatic carbocycles. The lowest BCUT2D eigenvalue weighted by Gasteiger charge is -2.10. The number of methoxy groups -OCH3 is 1. The molecule has 0 bridgehead atoms. The maximum Gasteiger partial charge on any atom is 0.339 e. The molecule has 7 heteroatoms. The van der Waals surface area contributed by atoms with Crippen molar-refractivity contribution in [3.63, 3.8) is 0 Å². The number of carboxylic acids is 1. The van der Waals surface area contributed by atoms with Crippen LogP contribution in [0.4, 0.5) is 0 Å². The van der Waals surface area contributed by atoms with Crippen molar-refractivity contribution in [3.05, 3.63) is 33.7 Å². The number of para-hydroxylation sites is 1. The van der Waals surface area contributed by atoms with Gasteiger partial charge in [-0.1, -0.05) is 17.4 Å². The Labute approximate surface area is 115 Å². The Balaban J connectivity index is 2.44. The number of rotatable bonds is 4. The van der Waals surface area contributed by atoms with E-state index < -0.39 is 5.97 Å². The first kappa shape index (κ1) is 12.8. The Morgan fingerprint density at radius 2 is 2.28 bits per heavy atom. The average Bonchev–Trinajstić information content (AvgIpc) is 2.75. The highest BCUT2D eigenvalue weighted by Gasteiger charge is 2.18. The van der Waals surface area contributed by atoms with Crippen LogP contribution in [0, 0.1) is 0 Å². The van der Waals surface area contributed by atoms with Gasteiger partial charge in [0.2, 0.25) is 0 Å². The summed E-state index contributed by atoms with van der Waals surface area (Å²) in [5.74, 6) is -0.588. The summed E-state index contributed by atoms with van der Waals surface area (Å²) in [6.07, 6.45) is 0. The van der Waals surface area contributed by atoms with Crippen molar-refractivity contribution in [1.82, 2.24) is 4.98 Å². The number of ether oxygens (including phenoxy) is 2. The van der Waals surface area contributed by atoms with E-state index in [4.69, 9.17) is 14.6 Å². The van der Waals surface area contributed by atoms with Crippen molar-refractivity contribution >= 4 is 33.2 Å². The van der Waals surface area contributed by atoms with Gasteiger partial charge < -0.3 is 14.6 Å². The van der Waals surface area contributed by atoms with E-state index in [-0.39, 0.29) is 11.3 Å². The molecule has 18 heavy (non-hydrogen) atoms. The molecule has 94 valence electrons. The van der Waals surface area contributed by atoms with E-state index in [9.17, 15) is 4.79 Å². The minimum Gasteiger partial charge on any atom is -0.493 e. The maximum absolute atomic E-state index is 11.1. The van der Waals surface area contributed by atoms with Crippen molar-refractivity contribution in [2.45, 2.75) is 0 Å². The first-order chi connectivity index (χ1) is 8.61. The van der Waals surface area contributed by atoms with Crippen molar-refractivity contribution in [3.8, 4) is 16.7 Å². The average molecular weight is 330 g/mol. The summed E-state index contributed by atoms with van der Waals surface area (Å²) in [5, 5.41) is 11.2. The number of hydrogen-bond donors (Lipinski definition) is 1. The molecule has 5 nitrogen and oxygen atoms in total. The Kier molecular flexibility index (Phi) is 3.83. The molecule has 1 heterocycles. The fraction of sp³-hybridized carbons (Fsp3) is 0.0909. The number of carboxylic acid groups (broad SMARTS) is 1. The molecule has 0 amide bonds. The third kappa shape index (κ3) is 2.62. The van der Waals surface area contributed by atoms with Gasteiger partial charge >= 0.3 is 5.97 Å². The number of aromatic nitrogens is 1. The van der Waals surface area contributed by atoms with Crippen LogP contribution in [0.2, 0.25) is 0 Å². The Morgan fingerprint density at radius 1 is 1.50 bits per heavy atom. The predicted molar refractivity (Wildman–Crippen MR) is 69.8 cm³/mol. The molecule has 0 radical (unpaired) electrons. The minimum absolute atomic E-state index is 0.0284. The van der Waals surface area contributed by atoms with Gasteiger partial charge in [-0.3, -0.25) is 0 Å². The SMILES string of the molecule is COc1cccc(C(=O)O)c1Oc1nc(Br)cs1. The van der Waals surface area contributed by atoms with Crippen LogP contribution in [0.15, 0.2) is 28.2 Å². The molecular weight excluding hydrogens is 322 g/mol. The van der Waals surface area contributed by atoms with Gasteiger partial charge in [0.05, 0.1) is 7.11 Å². The summed E-state index contributed by atoms with van der Waals surface area (Å²) in [6.45, 7) is 0. The van der Waals surface area contributed by atoms with E-state index in [1.54, 1.807) is 17.5 Å². The minimum atomic E-state index is -1.08. The standard InChI is InChI=1S/C11H8BrNO4S/c1-16-7-4-2-3-6(10(14)15)9(7)17-11-13-8(12)5-18-11/h2-5H,1H3,(H,14,15). The lowest BCUT2D eigenvalue weighted by molar-refractivity contribution is 0.0693. The summed E-state index contributed by atoms with van der Waals surface area (Å²) in [4.78, 5) is 15.2. The summed E-state index contributed by atoms with van der Waals surface area (Å²) < 4.78 is 11.2. The van der Waals surface area contributed by atoms with Gasteiger partial charge in [-0.05, 0) is 28.1 Å². The monoisotopic (exact) mass is 329 g/mol. The molecule has 1 aromatic heterocycles. The molecule has 2 aromatic rings. The van der Waals surface area contributed by atoms with Crippen LogP contribution in [0.5, 0.6) is 16.7 Å². The molecule has 0 aliphatic rings. The lowest BCUT2D eigenvalue weighted by Crippen LogP contribution is -2.01. The van der Waals surface area contributed by atoms with Crippen LogP contribution in [-0.4, -0.2) is 23.2 Å². The van der Waals surface area contributed by atoms with E-state index in [0.29, 0.717) is 15.5 Å². The molecule has 0 saturated heterocycles. The number of halogens is 1. The molecule has 0 unspecified atom stereocenters. The van der Waals surface area contributed by atoms with Crippen molar-refractivity contribution in [2.75, 3.05) is 7.11 Å². The highest BCUT2D eigenvalue weighted by Crippen LogP contribution is 2.36. The van der Waals surface area contributed by atoms with E-state index in [1.807, 2.05) is 0 Å². The van der Waals surface area contributed by atoms with Crippen LogP contribution >= 0.6 is 27.3 Å². The summed E-state index contributed by atoms with van der Waals surface area (Å²) in [5.41, 5.74) is 0.0284. The lowest BCUT2D eigenvalue weighted by atomic mass is 10.2. The third-order valence-corrected chi connectivity index (χ3v) is 3.50. The van der Waals surface area contributed by atoms with Crippen LogP contribution in [-0.2, 0) is 0 Å². The quantitative estimate of drug-likeness (QED) is 0.930. The van der Waals surface area contributed by atoms with Gasteiger partial charge in [-0.2, -0.15) is 4.98 Å².